The zero-order valence-electron chi connectivity index (χ0n) is 13.5. The van der Waals surface area contributed by atoms with E-state index in [9.17, 15) is 14.4 Å². The fourth-order valence-electron chi connectivity index (χ4n) is 2.02. The van der Waals surface area contributed by atoms with Crippen LogP contribution >= 0.6 is 23.4 Å². The third kappa shape index (κ3) is 4.83. The van der Waals surface area contributed by atoms with Crippen LogP contribution in [0.4, 0.5) is 0 Å². The number of amides is 2. The van der Waals surface area contributed by atoms with Crippen molar-refractivity contribution in [1.29, 1.82) is 0 Å². The second-order valence-corrected chi connectivity index (χ2v) is 6.38. The molecule has 0 aliphatic heterocycles. The number of nitrogens with one attached hydrogen (secondary N) is 2. The number of benzene rings is 1. The molecule has 0 spiro atoms. The normalized spacial score (nSPS) is 10.5. The molecule has 0 aliphatic rings. The second-order valence-electron chi connectivity index (χ2n) is 5.00. The molecule has 2 aromatic rings. The number of fused-ring (bicyclic) bond motifs is 1. The highest BCUT2D eigenvalue weighted by Gasteiger charge is 2.13. The summed E-state index contributed by atoms with van der Waals surface area (Å²) in [5.41, 5.74) is 0.253. The number of hydrogen-bond acceptors (Lipinski definition) is 5. The van der Waals surface area contributed by atoms with E-state index in [1.165, 1.54) is 11.6 Å². The molecule has 0 saturated carbocycles. The first-order chi connectivity index (χ1) is 12.0. The molecule has 0 saturated heterocycles. The van der Waals surface area contributed by atoms with Gasteiger partial charge in [0, 0.05) is 18.6 Å². The van der Waals surface area contributed by atoms with Gasteiger partial charge >= 0.3 is 0 Å². The molecule has 1 aromatic carbocycles. The highest BCUT2D eigenvalue weighted by atomic mass is 35.5. The number of rotatable bonds is 7. The van der Waals surface area contributed by atoms with Crippen LogP contribution in [0.15, 0.2) is 40.8 Å². The molecule has 0 aliphatic carbocycles. The van der Waals surface area contributed by atoms with Crippen LogP contribution in [-0.4, -0.2) is 40.7 Å². The minimum atomic E-state index is -0.329. The molecule has 1 aromatic heterocycles. The Balaban J connectivity index is 2.24. The maximum Gasteiger partial charge on any atom is 0.262 e. The topological polar surface area (TPSA) is 93.1 Å². The van der Waals surface area contributed by atoms with Crippen LogP contribution in [0.5, 0.6) is 0 Å². The Kier molecular flexibility index (Phi) is 6.60. The van der Waals surface area contributed by atoms with Crippen molar-refractivity contribution < 1.29 is 9.59 Å². The van der Waals surface area contributed by atoms with E-state index in [1.54, 1.807) is 24.3 Å². The van der Waals surface area contributed by atoms with E-state index in [0.29, 0.717) is 21.1 Å². The Hall–Kier alpha value is -2.32. The lowest BCUT2D eigenvalue weighted by Crippen LogP contribution is -2.36. The maximum absolute atomic E-state index is 12.6. The van der Waals surface area contributed by atoms with Crippen molar-refractivity contribution in [3.63, 3.8) is 0 Å². The number of nitrogens with zero attached hydrogens (tertiary/aromatic N) is 2. The first kappa shape index (κ1) is 19.0. The van der Waals surface area contributed by atoms with Gasteiger partial charge in [-0.2, -0.15) is 0 Å². The lowest BCUT2D eigenvalue weighted by Gasteiger charge is -2.11. The summed E-state index contributed by atoms with van der Waals surface area (Å²) >= 11 is 7.06. The van der Waals surface area contributed by atoms with Crippen molar-refractivity contribution in [3.05, 3.63) is 46.2 Å². The highest BCUT2D eigenvalue weighted by Crippen LogP contribution is 2.20. The molecule has 1 heterocycles. The summed E-state index contributed by atoms with van der Waals surface area (Å²) in [4.78, 5) is 40.0. The summed E-state index contributed by atoms with van der Waals surface area (Å²) in [5.74, 6) is -0.591. The SMILES string of the molecule is C=CCn1c(SCC(=O)NCC(=O)NC)nc2ccc(Cl)cc2c1=O. The van der Waals surface area contributed by atoms with E-state index < -0.39 is 0 Å². The van der Waals surface area contributed by atoms with Gasteiger partial charge in [0.15, 0.2) is 5.16 Å². The molecule has 132 valence electrons. The van der Waals surface area contributed by atoms with Gasteiger partial charge in [-0.3, -0.25) is 19.0 Å². The van der Waals surface area contributed by atoms with Crippen molar-refractivity contribution in [3.8, 4) is 0 Å². The molecular weight excluding hydrogens is 364 g/mol. The van der Waals surface area contributed by atoms with Crippen LogP contribution in [-0.2, 0) is 16.1 Å². The van der Waals surface area contributed by atoms with Gasteiger partial charge in [0.05, 0.1) is 23.2 Å². The summed E-state index contributed by atoms with van der Waals surface area (Å²) in [6.07, 6.45) is 1.58. The van der Waals surface area contributed by atoms with Crippen LogP contribution in [0.25, 0.3) is 10.9 Å². The summed E-state index contributed by atoms with van der Waals surface area (Å²) < 4.78 is 1.43. The third-order valence-corrected chi connectivity index (χ3v) is 4.46. The monoisotopic (exact) mass is 380 g/mol. The number of halogens is 1. The Labute approximate surface area is 153 Å². The number of thioether (sulfide) groups is 1. The smallest absolute Gasteiger partial charge is 0.262 e. The van der Waals surface area contributed by atoms with Crippen LogP contribution in [0.2, 0.25) is 5.02 Å². The number of aromatic nitrogens is 2. The van der Waals surface area contributed by atoms with Gasteiger partial charge in [0.1, 0.15) is 0 Å². The van der Waals surface area contributed by atoms with E-state index in [4.69, 9.17) is 11.6 Å². The average molecular weight is 381 g/mol. The minimum Gasteiger partial charge on any atom is -0.358 e. The van der Waals surface area contributed by atoms with Crippen LogP contribution < -0.4 is 16.2 Å². The van der Waals surface area contributed by atoms with Crippen molar-refractivity contribution in [2.24, 2.45) is 0 Å². The summed E-state index contributed by atoms with van der Waals surface area (Å²) in [5, 5.41) is 6.15. The largest absolute Gasteiger partial charge is 0.358 e. The number of carbonyl (C=O) groups is 2. The van der Waals surface area contributed by atoms with E-state index in [0.717, 1.165) is 11.8 Å². The van der Waals surface area contributed by atoms with E-state index in [2.05, 4.69) is 22.2 Å². The van der Waals surface area contributed by atoms with Gasteiger partial charge < -0.3 is 10.6 Å². The quantitative estimate of drug-likeness (QED) is 0.427. The molecule has 7 nitrogen and oxygen atoms in total. The van der Waals surface area contributed by atoms with Gasteiger partial charge in [0.2, 0.25) is 11.8 Å². The van der Waals surface area contributed by atoms with Crippen molar-refractivity contribution in [1.82, 2.24) is 20.2 Å². The highest BCUT2D eigenvalue weighted by molar-refractivity contribution is 7.99. The first-order valence-corrected chi connectivity index (χ1v) is 8.73. The fourth-order valence-corrected chi connectivity index (χ4v) is 3.03. The molecule has 2 amide bonds. The molecule has 2 rings (SSSR count). The van der Waals surface area contributed by atoms with Gasteiger partial charge in [-0.15, -0.1) is 6.58 Å². The van der Waals surface area contributed by atoms with E-state index in [-0.39, 0.29) is 36.2 Å². The molecule has 0 radical (unpaired) electrons. The molecule has 0 fully saturated rings. The van der Waals surface area contributed by atoms with Gasteiger partial charge in [0.25, 0.3) is 5.56 Å². The van der Waals surface area contributed by atoms with Gasteiger partial charge in [-0.25, -0.2) is 4.98 Å². The van der Waals surface area contributed by atoms with Crippen molar-refractivity contribution in [2.45, 2.75) is 11.7 Å². The predicted molar refractivity (Wildman–Crippen MR) is 99.0 cm³/mol. The Morgan fingerprint density at radius 3 is 2.84 bits per heavy atom. The van der Waals surface area contributed by atoms with Crippen LogP contribution in [0.1, 0.15) is 0 Å². The Morgan fingerprint density at radius 2 is 2.16 bits per heavy atom. The zero-order chi connectivity index (χ0) is 18.4. The molecule has 2 N–H and O–H groups in total. The van der Waals surface area contributed by atoms with E-state index >= 15 is 0 Å². The first-order valence-electron chi connectivity index (χ1n) is 7.37. The van der Waals surface area contributed by atoms with Crippen LogP contribution in [0, 0.1) is 0 Å². The average Bonchev–Trinajstić information content (AvgIpc) is 2.61. The summed E-state index contributed by atoms with van der Waals surface area (Å²) in [7, 11) is 1.49. The molecular formula is C16H17ClN4O3S. The number of allylic oxidation sites excluding steroid dienone is 1. The van der Waals surface area contributed by atoms with Crippen molar-refractivity contribution in [2.75, 3.05) is 19.3 Å². The summed E-state index contributed by atoms with van der Waals surface area (Å²) in [6, 6.07) is 4.88. The lowest BCUT2D eigenvalue weighted by molar-refractivity contribution is -0.124. The predicted octanol–water partition coefficient (Wildman–Crippen LogP) is 1.19. The molecule has 25 heavy (non-hydrogen) atoms. The third-order valence-electron chi connectivity index (χ3n) is 3.25. The molecule has 0 bridgehead atoms. The standard InChI is InChI=1S/C16H17ClN4O3S/c1-3-6-21-15(24)11-7-10(17)4-5-12(11)20-16(21)25-9-14(23)19-8-13(22)18-2/h3-5,7H,1,6,8-9H2,2H3,(H,18,22)(H,19,23). The Morgan fingerprint density at radius 1 is 1.40 bits per heavy atom. The van der Waals surface area contributed by atoms with Crippen molar-refractivity contribution >= 4 is 46.1 Å². The molecule has 9 heteroatoms. The fraction of sp³-hybridized carbons (Fsp3) is 0.250. The molecule has 0 unspecified atom stereocenters. The number of carbonyl (C=O) groups excluding carboxylic acids is 2. The number of likely N-dealkylation sites (N-methyl/N-ethyl adjacent to an activating group) is 1. The maximum atomic E-state index is 12.6. The zero-order valence-corrected chi connectivity index (χ0v) is 15.1. The molecule has 0 atom stereocenters. The number of hydrogen-bond donors (Lipinski definition) is 2. The minimum absolute atomic E-state index is 0.0275. The van der Waals surface area contributed by atoms with Crippen LogP contribution in [0.3, 0.4) is 0 Å². The lowest BCUT2D eigenvalue weighted by atomic mass is 10.2. The Bertz CT molecular complexity index is 882. The summed E-state index contributed by atoms with van der Waals surface area (Å²) in [6.45, 7) is 3.80. The van der Waals surface area contributed by atoms with Gasteiger partial charge in [-0.05, 0) is 18.2 Å². The second kappa shape index (κ2) is 8.68. The van der Waals surface area contributed by atoms with Gasteiger partial charge in [-0.1, -0.05) is 29.4 Å². The van der Waals surface area contributed by atoms with E-state index in [1.807, 2.05) is 0 Å².